The lowest BCUT2D eigenvalue weighted by molar-refractivity contribution is 0.0685. The Morgan fingerprint density at radius 3 is 2.76 bits per heavy atom. The molecule has 2 heterocycles. The zero-order valence-corrected chi connectivity index (χ0v) is 13.6. The molecule has 0 saturated carbocycles. The fraction of sp³-hybridized carbons (Fsp3) is 0.706. The van der Waals surface area contributed by atoms with E-state index in [0.29, 0.717) is 6.04 Å². The van der Waals surface area contributed by atoms with Gasteiger partial charge in [0.15, 0.2) is 0 Å². The van der Waals surface area contributed by atoms with Crippen molar-refractivity contribution in [1.82, 2.24) is 10.3 Å². The summed E-state index contributed by atoms with van der Waals surface area (Å²) in [5, 5.41) is 3.47. The molecule has 1 unspecified atom stereocenters. The lowest BCUT2D eigenvalue weighted by Crippen LogP contribution is -2.29. The van der Waals surface area contributed by atoms with Crippen LogP contribution in [0.4, 0.5) is 5.69 Å². The summed E-state index contributed by atoms with van der Waals surface area (Å²) in [6.45, 7) is 8.31. The molecule has 118 valence electrons. The van der Waals surface area contributed by atoms with Gasteiger partial charge in [-0.1, -0.05) is 6.92 Å². The van der Waals surface area contributed by atoms with Crippen molar-refractivity contribution < 1.29 is 4.74 Å². The second-order valence-corrected chi connectivity index (χ2v) is 6.05. The number of hydrogen-bond acceptors (Lipinski definition) is 4. The van der Waals surface area contributed by atoms with Crippen LogP contribution in [0.15, 0.2) is 18.3 Å². The van der Waals surface area contributed by atoms with Crippen LogP contribution in [-0.4, -0.2) is 38.3 Å². The maximum atomic E-state index is 5.42. The maximum absolute atomic E-state index is 5.42. The van der Waals surface area contributed by atoms with Crippen molar-refractivity contribution in [3.05, 3.63) is 24.0 Å². The second kappa shape index (κ2) is 8.35. The van der Waals surface area contributed by atoms with Crippen molar-refractivity contribution in [2.45, 2.75) is 39.2 Å². The molecule has 1 saturated heterocycles. The normalized spacial score (nSPS) is 17.7. The number of anilines is 1. The molecular weight excluding hydrogens is 262 g/mol. The summed E-state index contributed by atoms with van der Waals surface area (Å²) in [7, 11) is 2.16. The van der Waals surface area contributed by atoms with Crippen LogP contribution in [0.5, 0.6) is 0 Å². The van der Waals surface area contributed by atoms with Crippen LogP contribution < -0.4 is 10.2 Å². The molecule has 1 atom stereocenters. The lowest BCUT2D eigenvalue weighted by atomic mass is 10.00. The van der Waals surface area contributed by atoms with Gasteiger partial charge in [-0.05, 0) is 50.8 Å². The van der Waals surface area contributed by atoms with Gasteiger partial charge in [0.2, 0.25) is 0 Å². The monoisotopic (exact) mass is 291 g/mol. The van der Waals surface area contributed by atoms with Crippen LogP contribution in [0.3, 0.4) is 0 Å². The zero-order valence-electron chi connectivity index (χ0n) is 13.6. The SMILES string of the molecule is CCCNC(C)c1ccc(N(C)CC2CCOCC2)cn1. The molecule has 21 heavy (non-hydrogen) atoms. The first kappa shape index (κ1) is 16.2. The maximum Gasteiger partial charge on any atom is 0.0572 e. The molecule has 0 spiro atoms. The molecule has 4 nitrogen and oxygen atoms in total. The number of nitrogens with zero attached hydrogens (tertiary/aromatic N) is 2. The minimum absolute atomic E-state index is 0.319. The Labute approximate surface area is 128 Å². The Bertz CT molecular complexity index is 401. The second-order valence-electron chi connectivity index (χ2n) is 6.05. The average molecular weight is 291 g/mol. The highest BCUT2D eigenvalue weighted by molar-refractivity contribution is 5.43. The molecular formula is C17H29N3O. The van der Waals surface area contributed by atoms with Crippen molar-refractivity contribution in [2.24, 2.45) is 5.92 Å². The summed E-state index contributed by atoms with van der Waals surface area (Å²) in [6.07, 6.45) is 5.50. The van der Waals surface area contributed by atoms with Gasteiger partial charge in [-0.15, -0.1) is 0 Å². The molecule has 1 aliphatic rings. The molecule has 4 heteroatoms. The molecule has 0 aromatic carbocycles. The molecule has 1 N–H and O–H groups in total. The quantitative estimate of drug-likeness (QED) is 0.838. The fourth-order valence-electron chi connectivity index (χ4n) is 2.77. The van der Waals surface area contributed by atoms with Crippen LogP contribution in [0.2, 0.25) is 0 Å². The standard InChI is InChI=1S/C17H29N3O/c1-4-9-18-14(2)17-6-5-16(12-19-17)20(3)13-15-7-10-21-11-8-15/h5-6,12,14-15,18H,4,7-11,13H2,1-3H3. The van der Waals surface area contributed by atoms with Crippen molar-refractivity contribution in [1.29, 1.82) is 0 Å². The Hall–Kier alpha value is -1.13. The molecule has 0 radical (unpaired) electrons. The van der Waals surface area contributed by atoms with E-state index in [1.807, 2.05) is 6.20 Å². The van der Waals surface area contributed by atoms with E-state index in [2.05, 4.69) is 48.2 Å². The van der Waals surface area contributed by atoms with E-state index in [9.17, 15) is 0 Å². The highest BCUT2D eigenvalue weighted by Crippen LogP contribution is 2.20. The van der Waals surface area contributed by atoms with Gasteiger partial charge < -0.3 is 15.0 Å². The van der Waals surface area contributed by atoms with Crippen molar-refractivity contribution in [3.63, 3.8) is 0 Å². The summed E-state index contributed by atoms with van der Waals surface area (Å²) in [6, 6.07) is 4.65. The first-order chi connectivity index (χ1) is 10.2. The van der Waals surface area contributed by atoms with Gasteiger partial charge in [0.1, 0.15) is 0 Å². The van der Waals surface area contributed by atoms with Crippen LogP contribution >= 0.6 is 0 Å². The largest absolute Gasteiger partial charge is 0.381 e. The van der Waals surface area contributed by atoms with Crippen LogP contribution in [-0.2, 0) is 4.74 Å². The van der Waals surface area contributed by atoms with Crippen LogP contribution in [0.1, 0.15) is 44.8 Å². The minimum atomic E-state index is 0.319. The predicted molar refractivity (Wildman–Crippen MR) is 87.8 cm³/mol. The Balaban J connectivity index is 1.88. The van der Waals surface area contributed by atoms with E-state index >= 15 is 0 Å². The number of nitrogens with one attached hydrogen (secondary N) is 1. The predicted octanol–water partition coefficient (Wildman–Crippen LogP) is 3.01. The van der Waals surface area contributed by atoms with Gasteiger partial charge in [-0.2, -0.15) is 0 Å². The van der Waals surface area contributed by atoms with Gasteiger partial charge in [0.05, 0.1) is 17.6 Å². The molecule has 0 amide bonds. The van der Waals surface area contributed by atoms with Gasteiger partial charge in [-0.25, -0.2) is 0 Å². The van der Waals surface area contributed by atoms with E-state index in [4.69, 9.17) is 4.74 Å². The van der Waals surface area contributed by atoms with Gasteiger partial charge in [-0.3, -0.25) is 4.98 Å². The first-order valence-electron chi connectivity index (χ1n) is 8.19. The van der Waals surface area contributed by atoms with Gasteiger partial charge in [0, 0.05) is 32.8 Å². The minimum Gasteiger partial charge on any atom is -0.381 e. The lowest BCUT2D eigenvalue weighted by Gasteiger charge is -2.28. The Morgan fingerprint density at radius 1 is 1.38 bits per heavy atom. The number of hydrogen-bond donors (Lipinski definition) is 1. The summed E-state index contributed by atoms with van der Waals surface area (Å²) >= 11 is 0. The van der Waals surface area contributed by atoms with Crippen molar-refractivity contribution in [2.75, 3.05) is 38.3 Å². The molecule has 1 aliphatic heterocycles. The molecule has 0 bridgehead atoms. The molecule has 2 rings (SSSR count). The van der Waals surface area contributed by atoms with E-state index in [1.165, 1.54) is 18.5 Å². The van der Waals surface area contributed by atoms with E-state index in [1.54, 1.807) is 0 Å². The number of ether oxygens (including phenoxy) is 1. The number of rotatable bonds is 7. The summed E-state index contributed by atoms with van der Waals surface area (Å²) in [4.78, 5) is 6.93. The third-order valence-electron chi connectivity index (χ3n) is 4.23. The summed E-state index contributed by atoms with van der Waals surface area (Å²) in [5.74, 6) is 0.744. The zero-order chi connectivity index (χ0) is 15.1. The van der Waals surface area contributed by atoms with Crippen molar-refractivity contribution >= 4 is 5.69 Å². The third-order valence-corrected chi connectivity index (χ3v) is 4.23. The van der Waals surface area contributed by atoms with E-state index < -0.39 is 0 Å². The third kappa shape index (κ3) is 4.97. The highest BCUT2D eigenvalue weighted by atomic mass is 16.5. The van der Waals surface area contributed by atoms with E-state index in [0.717, 1.165) is 44.3 Å². The molecule has 0 aliphatic carbocycles. The summed E-state index contributed by atoms with van der Waals surface area (Å²) in [5.41, 5.74) is 2.32. The van der Waals surface area contributed by atoms with Crippen LogP contribution in [0.25, 0.3) is 0 Å². The average Bonchev–Trinajstić information content (AvgIpc) is 2.53. The number of pyridine rings is 1. The smallest absolute Gasteiger partial charge is 0.0572 e. The molecule has 1 aromatic heterocycles. The summed E-state index contributed by atoms with van der Waals surface area (Å²) < 4.78 is 5.42. The molecule has 1 aromatic rings. The number of aromatic nitrogens is 1. The highest BCUT2D eigenvalue weighted by Gasteiger charge is 2.16. The van der Waals surface area contributed by atoms with Gasteiger partial charge >= 0.3 is 0 Å². The topological polar surface area (TPSA) is 37.4 Å². The Morgan fingerprint density at radius 2 is 2.14 bits per heavy atom. The first-order valence-corrected chi connectivity index (χ1v) is 8.19. The van der Waals surface area contributed by atoms with Gasteiger partial charge in [0.25, 0.3) is 0 Å². The van der Waals surface area contributed by atoms with E-state index in [-0.39, 0.29) is 0 Å². The molecule has 1 fully saturated rings. The Kier molecular flexibility index (Phi) is 6.46. The van der Waals surface area contributed by atoms with Crippen LogP contribution in [0, 0.1) is 5.92 Å². The fourth-order valence-corrected chi connectivity index (χ4v) is 2.77. The van der Waals surface area contributed by atoms with Crippen molar-refractivity contribution in [3.8, 4) is 0 Å².